The van der Waals surface area contributed by atoms with Crippen LogP contribution in [0.15, 0.2) is 91.0 Å². The second-order valence-corrected chi connectivity index (χ2v) is 7.50. The van der Waals surface area contributed by atoms with E-state index in [9.17, 15) is 9.59 Å². The highest BCUT2D eigenvalue weighted by molar-refractivity contribution is 6.11. The molecule has 0 aliphatic heterocycles. The van der Waals surface area contributed by atoms with Gasteiger partial charge in [0, 0.05) is 16.7 Å². The van der Waals surface area contributed by atoms with Crippen LogP contribution in [0.1, 0.15) is 33.3 Å². The number of benzene rings is 3. The lowest BCUT2D eigenvalue weighted by Crippen LogP contribution is -2.13. The summed E-state index contributed by atoms with van der Waals surface area (Å²) in [5.41, 5.74) is 3.36. The van der Waals surface area contributed by atoms with E-state index in [2.05, 4.69) is 10.2 Å². The van der Waals surface area contributed by atoms with Crippen LogP contribution in [0.2, 0.25) is 0 Å². The van der Waals surface area contributed by atoms with Crippen molar-refractivity contribution in [2.24, 2.45) is 0 Å². The zero-order valence-electron chi connectivity index (χ0n) is 18.4. The smallest absolute Gasteiger partial charge is 0.344 e. The highest BCUT2D eigenvalue weighted by atomic mass is 16.5. The van der Waals surface area contributed by atoms with Crippen LogP contribution < -0.4 is 0 Å². The molecular formula is C27H20N4O3. The Balaban J connectivity index is 1.84. The Morgan fingerprint density at radius 2 is 1.38 bits per heavy atom. The lowest BCUT2D eigenvalue weighted by Gasteiger charge is -2.10. The van der Waals surface area contributed by atoms with Crippen LogP contribution in [-0.4, -0.2) is 38.2 Å². The highest BCUT2D eigenvalue weighted by Crippen LogP contribution is 2.31. The average molecular weight is 448 g/mol. The van der Waals surface area contributed by atoms with Crippen molar-refractivity contribution in [3.63, 3.8) is 0 Å². The number of hydrogen-bond donors (Lipinski definition) is 0. The third kappa shape index (κ3) is 3.73. The van der Waals surface area contributed by atoms with Crippen LogP contribution in [-0.2, 0) is 4.74 Å². The summed E-state index contributed by atoms with van der Waals surface area (Å²) in [6.45, 7) is 1.94. The first-order valence-electron chi connectivity index (χ1n) is 10.9. The first kappa shape index (κ1) is 21.2. The number of carbonyl (C=O) groups excluding carboxylic acids is 2. The van der Waals surface area contributed by atoms with Crippen LogP contribution in [0.5, 0.6) is 0 Å². The zero-order valence-corrected chi connectivity index (χ0v) is 18.4. The van der Waals surface area contributed by atoms with E-state index in [1.165, 1.54) is 4.52 Å². The average Bonchev–Trinajstić information content (AvgIpc) is 3.29. The number of ketones is 1. The third-order valence-electron chi connectivity index (χ3n) is 5.37. The van der Waals surface area contributed by atoms with Gasteiger partial charge >= 0.3 is 5.97 Å². The van der Waals surface area contributed by atoms with Crippen LogP contribution in [0.4, 0.5) is 0 Å². The van der Waals surface area contributed by atoms with E-state index >= 15 is 0 Å². The first-order valence-corrected chi connectivity index (χ1v) is 10.9. The fourth-order valence-corrected chi connectivity index (χ4v) is 3.83. The molecule has 7 heteroatoms. The van der Waals surface area contributed by atoms with E-state index in [0.29, 0.717) is 17.0 Å². The molecule has 0 atom stereocenters. The quantitative estimate of drug-likeness (QED) is 0.272. The molecule has 3 aromatic carbocycles. The zero-order chi connectivity index (χ0) is 23.5. The Labute approximate surface area is 195 Å². The lowest BCUT2D eigenvalue weighted by molar-refractivity contribution is 0.0529. The number of nitrogens with zero attached hydrogens (tertiary/aromatic N) is 4. The van der Waals surface area contributed by atoms with Crippen LogP contribution in [0.25, 0.3) is 28.2 Å². The fraction of sp³-hybridized carbons (Fsp3) is 0.0741. The molecule has 0 bridgehead atoms. The van der Waals surface area contributed by atoms with Gasteiger partial charge in [0.2, 0.25) is 5.78 Å². The van der Waals surface area contributed by atoms with Gasteiger partial charge in [-0.1, -0.05) is 91.0 Å². The van der Waals surface area contributed by atoms with Crippen molar-refractivity contribution in [1.29, 1.82) is 0 Å². The Bertz CT molecular complexity index is 1480. The summed E-state index contributed by atoms with van der Waals surface area (Å²) in [5, 5.41) is 13.4. The summed E-state index contributed by atoms with van der Waals surface area (Å²) in [7, 11) is 0. The second kappa shape index (κ2) is 9.07. The molecule has 0 spiro atoms. The van der Waals surface area contributed by atoms with Gasteiger partial charge in [0.25, 0.3) is 0 Å². The molecule has 0 fully saturated rings. The van der Waals surface area contributed by atoms with Crippen molar-refractivity contribution >= 4 is 17.4 Å². The number of fused-ring (bicyclic) bond motifs is 1. The molecule has 0 N–H and O–H groups in total. The van der Waals surface area contributed by atoms with Gasteiger partial charge in [-0.3, -0.25) is 4.79 Å². The van der Waals surface area contributed by atoms with E-state index in [1.807, 2.05) is 66.7 Å². The number of hydrogen-bond acceptors (Lipinski definition) is 6. The van der Waals surface area contributed by atoms with Gasteiger partial charge < -0.3 is 4.74 Å². The van der Waals surface area contributed by atoms with Crippen LogP contribution in [0, 0.1) is 0 Å². The number of carbonyl (C=O) groups is 2. The summed E-state index contributed by atoms with van der Waals surface area (Å²) in [6.07, 6.45) is 0. The standard InChI is InChI=1S/C27H20N4O3/c1-2-34-27(33)21-22(18-12-6-3-7-13-18)30-31-24(19-14-8-4-9-15-19)23(28-29-26(21)31)25(32)20-16-10-5-11-17-20/h3-17H,2H2,1H3. The van der Waals surface area contributed by atoms with Crippen molar-refractivity contribution in [2.75, 3.05) is 6.61 Å². The van der Waals surface area contributed by atoms with E-state index in [1.54, 1.807) is 31.2 Å². The molecule has 0 saturated heterocycles. The Kier molecular flexibility index (Phi) is 5.66. The Hall–Kier alpha value is -4.65. The van der Waals surface area contributed by atoms with Gasteiger partial charge in [0.1, 0.15) is 17.0 Å². The maximum Gasteiger partial charge on any atom is 0.344 e. The first-order chi connectivity index (χ1) is 16.7. The molecule has 0 radical (unpaired) electrons. The van der Waals surface area contributed by atoms with E-state index in [4.69, 9.17) is 9.84 Å². The highest BCUT2D eigenvalue weighted by Gasteiger charge is 2.28. The van der Waals surface area contributed by atoms with Gasteiger partial charge in [-0.25, -0.2) is 9.31 Å². The maximum atomic E-state index is 13.4. The monoisotopic (exact) mass is 448 g/mol. The number of ether oxygens (including phenoxy) is 1. The number of rotatable bonds is 6. The van der Waals surface area contributed by atoms with E-state index < -0.39 is 5.97 Å². The summed E-state index contributed by atoms with van der Waals surface area (Å²) < 4.78 is 6.84. The predicted octanol–water partition coefficient (Wildman–Crippen LogP) is 4.87. The van der Waals surface area contributed by atoms with E-state index in [-0.39, 0.29) is 29.3 Å². The Morgan fingerprint density at radius 1 is 0.794 bits per heavy atom. The summed E-state index contributed by atoms with van der Waals surface area (Å²) in [4.78, 5) is 26.4. The van der Waals surface area contributed by atoms with Crippen molar-refractivity contribution in [2.45, 2.75) is 6.92 Å². The number of esters is 1. The van der Waals surface area contributed by atoms with Crippen molar-refractivity contribution < 1.29 is 14.3 Å². The van der Waals surface area contributed by atoms with Gasteiger partial charge in [-0.15, -0.1) is 10.2 Å². The number of aromatic nitrogens is 4. The fourth-order valence-electron chi connectivity index (χ4n) is 3.83. The van der Waals surface area contributed by atoms with Gasteiger partial charge in [0.05, 0.1) is 6.61 Å². The molecule has 2 heterocycles. The molecule has 0 amide bonds. The molecule has 7 nitrogen and oxygen atoms in total. The maximum absolute atomic E-state index is 13.4. The molecule has 0 aliphatic rings. The molecule has 0 aliphatic carbocycles. The molecular weight excluding hydrogens is 428 g/mol. The van der Waals surface area contributed by atoms with Gasteiger partial charge in [-0.05, 0) is 6.92 Å². The van der Waals surface area contributed by atoms with Gasteiger partial charge in [0.15, 0.2) is 11.3 Å². The second-order valence-electron chi connectivity index (χ2n) is 7.50. The van der Waals surface area contributed by atoms with Crippen molar-refractivity contribution in [1.82, 2.24) is 19.8 Å². The summed E-state index contributed by atoms with van der Waals surface area (Å²) in [6, 6.07) is 27.6. The summed E-state index contributed by atoms with van der Waals surface area (Å²) >= 11 is 0. The summed E-state index contributed by atoms with van der Waals surface area (Å²) in [5.74, 6) is -0.838. The molecule has 34 heavy (non-hydrogen) atoms. The molecule has 5 rings (SSSR count). The lowest BCUT2D eigenvalue weighted by atomic mass is 10.0. The van der Waals surface area contributed by atoms with Crippen molar-refractivity contribution in [3.8, 4) is 22.5 Å². The molecule has 5 aromatic rings. The van der Waals surface area contributed by atoms with Gasteiger partial charge in [-0.2, -0.15) is 5.10 Å². The minimum atomic E-state index is -0.549. The molecule has 0 unspecified atom stereocenters. The normalized spacial score (nSPS) is 10.9. The minimum Gasteiger partial charge on any atom is -0.462 e. The van der Waals surface area contributed by atoms with Crippen LogP contribution in [0.3, 0.4) is 0 Å². The predicted molar refractivity (Wildman–Crippen MR) is 127 cm³/mol. The molecule has 0 saturated carbocycles. The van der Waals surface area contributed by atoms with E-state index in [0.717, 1.165) is 11.1 Å². The molecule has 2 aromatic heterocycles. The van der Waals surface area contributed by atoms with Crippen molar-refractivity contribution in [3.05, 3.63) is 108 Å². The topological polar surface area (TPSA) is 86.5 Å². The minimum absolute atomic E-state index is 0.141. The largest absolute Gasteiger partial charge is 0.462 e. The van der Waals surface area contributed by atoms with Crippen LogP contribution >= 0.6 is 0 Å². The third-order valence-corrected chi connectivity index (χ3v) is 5.37. The SMILES string of the molecule is CCOC(=O)c1c(-c2ccccc2)nn2c(-c3ccccc3)c(C(=O)c3ccccc3)nnc12. The Morgan fingerprint density at radius 3 is 2.00 bits per heavy atom. The molecule has 166 valence electrons.